The number of halogens is 3. The van der Waals surface area contributed by atoms with Crippen LogP contribution in [0, 0.1) is 27.2 Å². The molecule has 2 N–H and O–H groups in total. The first-order chi connectivity index (χ1) is 26.4. The van der Waals surface area contributed by atoms with Crippen LogP contribution in [0.25, 0.3) is 0 Å². The monoisotopic (exact) mass is 891 g/mol. The summed E-state index contributed by atoms with van der Waals surface area (Å²) in [4.78, 5) is 60.6. The number of hydrazine groups is 1. The third-order valence-corrected chi connectivity index (χ3v) is 13.2. The molecule has 6 atom stereocenters. The zero-order valence-corrected chi connectivity index (χ0v) is 33.7. The molecule has 4 aliphatic rings. The standard InChI is InChI=1S/C42H36Cl2IN3O7/c1-4-21-5-10-25(11-6-21)47-38(50)28-15-14-27-29(35(28)40(47)52)20-30-39(51)48(46-33-16-9-24(43)19-31(33)44)41(53)42(30,23-7-12-26(54-2)13-8-23)36(27)22-17-32(45)37(49)34(18-22)55-3/h5-14,16-19,28-30,35-36,46,49H,4,15,20H2,1-3H3. The number of anilines is 2. The maximum absolute atomic E-state index is 15.5. The van der Waals surface area contributed by atoms with Gasteiger partial charge < -0.3 is 14.6 Å². The summed E-state index contributed by atoms with van der Waals surface area (Å²) in [5, 5.41) is 12.6. The predicted octanol–water partition coefficient (Wildman–Crippen LogP) is 8.07. The van der Waals surface area contributed by atoms with E-state index in [1.165, 1.54) is 18.1 Å². The molecule has 4 aromatic carbocycles. The van der Waals surface area contributed by atoms with Gasteiger partial charge in [-0.1, -0.05) is 66.0 Å². The first-order valence-electron chi connectivity index (χ1n) is 17.9. The molecule has 0 radical (unpaired) electrons. The van der Waals surface area contributed by atoms with E-state index in [1.807, 2.05) is 47.7 Å². The van der Waals surface area contributed by atoms with Crippen LogP contribution in [-0.4, -0.2) is 48.0 Å². The van der Waals surface area contributed by atoms with E-state index in [-0.39, 0.29) is 41.2 Å². The van der Waals surface area contributed by atoms with Crippen molar-refractivity contribution in [3.63, 3.8) is 0 Å². The van der Waals surface area contributed by atoms with Crippen molar-refractivity contribution >= 4 is 80.8 Å². The Morgan fingerprint density at radius 1 is 0.891 bits per heavy atom. The fourth-order valence-electron chi connectivity index (χ4n) is 9.27. The number of amides is 4. The van der Waals surface area contributed by atoms with Crippen molar-refractivity contribution in [1.29, 1.82) is 0 Å². The highest BCUT2D eigenvalue weighted by molar-refractivity contribution is 14.1. The van der Waals surface area contributed by atoms with Gasteiger partial charge in [0.05, 0.1) is 57.4 Å². The molecule has 8 rings (SSSR count). The Bertz CT molecular complexity index is 2300. The van der Waals surface area contributed by atoms with Gasteiger partial charge in [-0.25, -0.2) is 0 Å². The number of aryl methyl sites for hydroxylation is 1. The molecule has 0 aromatic heterocycles. The Kier molecular flexibility index (Phi) is 9.62. The van der Waals surface area contributed by atoms with E-state index < -0.39 is 46.8 Å². The summed E-state index contributed by atoms with van der Waals surface area (Å²) in [6, 6.07) is 22.7. The highest BCUT2D eigenvalue weighted by Crippen LogP contribution is 2.64. The summed E-state index contributed by atoms with van der Waals surface area (Å²) in [5.41, 5.74) is 5.26. The van der Waals surface area contributed by atoms with Gasteiger partial charge in [0.25, 0.3) is 11.8 Å². The van der Waals surface area contributed by atoms with Gasteiger partial charge in [0.1, 0.15) is 5.75 Å². The topological polar surface area (TPSA) is 125 Å². The Morgan fingerprint density at radius 3 is 2.27 bits per heavy atom. The molecule has 2 aliphatic heterocycles. The second kappa shape index (κ2) is 14.2. The van der Waals surface area contributed by atoms with E-state index in [2.05, 4.69) is 5.43 Å². The fourth-order valence-corrected chi connectivity index (χ4v) is 10.3. The Labute approximate surface area is 341 Å². The van der Waals surface area contributed by atoms with Crippen LogP contribution >= 0.6 is 45.8 Å². The van der Waals surface area contributed by atoms with Crippen molar-refractivity contribution in [2.45, 2.75) is 37.5 Å². The van der Waals surface area contributed by atoms with Crippen LogP contribution in [0.3, 0.4) is 0 Å². The number of phenols is 1. The maximum atomic E-state index is 15.5. The molecule has 4 aromatic rings. The zero-order chi connectivity index (χ0) is 38.9. The number of methoxy groups -OCH3 is 2. The first-order valence-corrected chi connectivity index (χ1v) is 19.8. The maximum Gasteiger partial charge on any atom is 0.260 e. The second-order valence-corrected chi connectivity index (χ2v) is 16.3. The molecule has 282 valence electrons. The molecule has 2 heterocycles. The SMILES string of the molecule is CCc1ccc(N2C(=O)C3CC=C4C(CC5C(=O)N(Nc6ccc(Cl)cc6Cl)C(=O)C5(c5ccc(OC)cc5)C4c4cc(I)c(O)c(OC)c4)C3C2=O)cc1. The number of phenolic OH excluding ortho intramolecular Hbond substituents is 1. The number of aromatic hydroxyl groups is 1. The number of hydrogen-bond donors (Lipinski definition) is 2. The lowest BCUT2D eigenvalue weighted by Crippen LogP contribution is -2.53. The molecule has 4 amide bonds. The van der Waals surface area contributed by atoms with Gasteiger partial charge in [-0.3, -0.25) is 29.5 Å². The van der Waals surface area contributed by atoms with Crippen LogP contribution in [-0.2, 0) is 31.0 Å². The number of nitrogens with zero attached hydrogens (tertiary/aromatic N) is 2. The van der Waals surface area contributed by atoms with Crippen LogP contribution in [0.2, 0.25) is 10.0 Å². The third kappa shape index (κ3) is 5.71. The van der Waals surface area contributed by atoms with Crippen LogP contribution in [0.4, 0.5) is 11.4 Å². The average Bonchev–Trinajstić information content (AvgIpc) is 3.57. The fraction of sp³-hybridized carbons (Fsp3) is 0.286. The summed E-state index contributed by atoms with van der Waals surface area (Å²) < 4.78 is 11.6. The Balaban J connectivity index is 1.34. The number of ether oxygens (including phenoxy) is 2. The summed E-state index contributed by atoms with van der Waals surface area (Å²) in [7, 11) is 2.99. The van der Waals surface area contributed by atoms with E-state index in [0.29, 0.717) is 36.8 Å². The Hall–Kier alpha value is -4.59. The van der Waals surface area contributed by atoms with Gasteiger partial charge in [0, 0.05) is 10.9 Å². The van der Waals surface area contributed by atoms with Gasteiger partial charge in [-0.05, 0) is 119 Å². The van der Waals surface area contributed by atoms with Crippen molar-refractivity contribution in [1.82, 2.24) is 5.01 Å². The van der Waals surface area contributed by atoms with Crippen molar-refractivity contribution in [2.75, 3.05) is 24.5 Å². The van der Waals surface area contributed by atoms with Crippen molar-refractivity contribution in [2.24, 2.45) is 23.7 Å². The third-order valence-electron chi connectivity index (χ3n) is 11.8. The lowest BCUT2D eigenvalue weighted by Gasteiger charge is -2.50. The van der Waals surface area contributed by atoms with Gasteiger partial charge >= 0.3 is 0 Å². The van der Waals surface area contributed by atoms with Crippen LogP contribution < -0.4 is 19.8 Å². The lowest BCUT2D eigenvalue weighted by molar-refractivity contribution is -0.138. The quantitative estimate of drug-likeness (QED) is 0.103. The molecule has 0 spiro atoms. The van der Waals surface area contributed by atoms with E-state index >= 15 is 9.59 Å². The van der Waals surface area contributed by atoms with Crippen molar-refractivity contribution in [3.8, 4) is 17.2 Å². The normalized spacial score (nSPS) is 25.7. The molecular formula is C42H36Cl2IN3O7. The number of fused-ring (bicyclic) bond motifs is 4. The molecule has 2 saturated heterocycles. The Morgan fingerprint density at radius 2 is 1.62 bits per heavy atom. The van der Waals surface area contributed by atoms with Crippen LogP contribution in [0.1, 0.15) is 42.4 Å². The van der Waals surface area contributed by atoms with Gasteiger partial charge in [0.2, 0.25) is 11.8 Å². The minimum atomic E-state index is -1.56. The first kappa shape index (κ1) is 37.3. The van der Waals surface area contributed by atoms with Gasteiger partial charge in [0.15, 0.2) is 11.5 Å². The number of rotatable bonds is 8. The minimum Gasteiger partial charge on any atom is -0.504 e. The molecule has 6 unspecified atom stereocenters. The number of imide groups is 2. The number of carbonyl (C=O) groups excluding carboxylic acids is 4. The van der Waals surface area contributed by atoms with Crippen molar-refractivity contribution in [3.05, 3.63) is 121 Å². The highest BCUT2D eigenvalue weighted by atomic mass is 127. The molecule has 1 saturated carbocycles. The second-order valence-electron chi connectivity index (χ2n) is 14.3. The number of benzene rings is 4. The summed E-state index contributed by atoms with van der Waals surface area (Å²) >= 11 is 14.8. The summed E-state index contributed by atoms with van der Waals surface area (Å²) in [6.45, 7) is 2.04. The molecule has 3 fully saturated rings. The lowest BCUT2D eigenvalue weighted by atomic mass is 9.49. The number of hydrogen-bond acceptors (Lipinski definition) is 8. The van der Waals surface area contributed by atoms with Crippen molar-refractivity contribution < 1.29 is 33.8 Å². The van der Waals surface area contributed by atoms with E-state index in [0.717, 1.165) is 22.6 Å². The zero-order valence-electron chi connectivity index (χ0n) is 30.0. The number of carbonyl (C=O) groups is 4. The summed E-state index contributed by atoms with van der Waals surface area (Å²) in [5.74, 6) is -4.81. The molecular weight excluding hydrogens is 856 g/mol. The van der Waals surface area contributed by atoms with E-state index in [4.69, 9.17) is 32.7 Å². The number of nitrogens with one attached hydrogen (secondary N) is 1. The molecule has 2 aliphatic carbocycles. The number of allylic oxidation sites excluding steroid dienone is 2. The van der Waals surface area contributed by atoms with Gasteiger partial charge in [-0.2, -0.15) is 5.01 Å². The van der Waals surface area contributed by atoms with Crippen LogP contribution in [0.5, 0.6) is 17.2 Å². The van der Waals surface area contributed by atoms with E-state index in [9.17, 15) is 14.7 Å². The minimum absolute atomic E-state index is 0.0669. The summed E-state index contributed by atoms with van der Waals surface area (Å²) in [6.07, 6.45) is 3.18. The highest BCUT2D eigenvalue weighted by Gasteiger charge is 2.70. The van der Waals surface area contributed by atoms with Crippen LogP contribution in [0.15, 0.2) is 90.5 Å². The smallest absolute Gasteiger partial charge is 0.260 e. The largest absolute Gasteiger partial charge is 0.504 e. The molecule has 55 heavy (non-hydrogen) atoms. The van der Waals surface area contributed by atoms with E-state index in [1.54, 1.807) is 67.8 Å². The molecule has 10 nitrogen and oxygen atoms in total. The van der Waals surface area contributed by atoms with Gasteiger partial charge in [-0.15, -0.1) is 0 Å². The predicted molar refractivity (Wildman–Crippen MR) is 216 cm³/mol. The molecule has 13 heteroatoms. The average molecular weight is 893 g/mol. The molecule has 0 bridgehead atoms.